The molecule has 1 fully saturated rings. The molecule has 2 amide bonds. The van der Waals surface area contributed by atoms with Crippen molar-refractivity contribution in [3.8, 4) is 0 Å². The van der Waals surface area contributed by atoms with Crippen LogP contribution in [0.2, 0.25) is 0 Å². The second-order valence-corrected chi connectivity index (χ2v) is 6.86. The Labute approximate surface area is 146 Å². The molecule has 5 nitrogen and oxygen atoms in total. The van der Waals surface area contributed by atoms with E-state index in [1.165, 1.54) is 5.56 Å². The molecule has 1 heterocycles. The predicted molar refractivity (Wildman–Crippen MR) is 97.1 cm³/mol. The summed E-state index contributed by atoms with van der Waals surface area (Å²) in [5.41, 5.74) is 0.969. The third-order valence-corrected chi connectivity index (χ3v) is 4.60. The molecule has 1 saturated heterocycles. The summed E-state index contributed by atoms with van der Waals surface area (Å²) in [5.74, 6) is 0. The molecule has 1 atom stereocenters. The maximum Gasteiger partial charge on any atom is 0.317 e. The minimum absolute atomic E-state index is 0.000498. The van der Waals surface area contributed by atoms with Crippen molar-refractivity contribution < 1.29 is 9.53 Å². The summed E-state index contributed by atoms with van der Waals surface area (Å²) in [6.45, 7) is 12.8. The van der Waals surface area contributed by atoms with E-state index >= 15 is 0 Å². The lowest BCUT2D eigenvalue weighted by Crippen LogP contribution is -2.54. The molecule has 1 N–H and O–H groups in total. The van der Waals surface area contributed by atoms with Crippen LogP contribution in [0.1, 0.15) is 39.3 Å². The third kappa shape index (κ3) is 4.95. The summed E-state index contributed by atoms with van der Waals surface area (Å²) < 4.78 is 5.68. The molecular formula is C19H31N3O2. The van der Waals surface area contributed by atoms with Gasteiger partial charge in [0.25, 0.3) is 0 Å². The van der Waals surface area contributed by atoms with E-state index in [1.807, 2.05) is 24.8 Å². The molecular weight excluding hydrogens is 302 g/mol. The highest BCUT2D eigenvalue weighted by atomic mass is 16.5. The van der Waals surface area contributed by atoms with Crippen molar-refractivity contribution in [2.45, 2.75) is 39.3 Å². The van der Waals surface area contributed by atoms with Gasteiger partial charge in [-0.2, -0.15) is 0 Å². The van der Waals surface area contributed by atoms with Crippen LogP contribution in [-0.4, -0.2) is 60.8 Å². The lowest BCUT2D eigenvalue weighted by atomic mass is 10.1. The first-order valence-corrected chi connectivity index (χ1v) is 8.92. The SMILES string of the molecule is CCN(CC)C(CNC(=O)N1CCOC(C)(C)C1)c1ccccc1. The van der Waals surface area contributed by atoms with E-state index in [1.54, 1.807) is 0 Å². The van der Waals surface area contributed by atoms with Crippen molar-refractivity contribution in [1.82, 2.24) is 15.1 Å². The molecule has 2 rings (SSSR count). The minimum Gasteiger partial charge on any atom is -0.372 e. The number of hydrogen-bond acceptors (Lipinski definition) is 3. The zero-order chi connectivity index (χ0) is 17.6. The normalized spacial score (nSPS) is 18.5. The van der Waals surface area contributed by atoms with Crippen LogP contribution >= 0.6 is 0 Å². The molecule has 1 unspecified atom stereocenters. The van der Waals surface area contributed by atoms with Gasteiger partial charge in [0, 0.05) is 13.1 Å². The van der Waals surface area contributed by atoms with Crippen molar-refractivity contribution in [2.75, 3.05) is 39.3 Å². The fourth-order valence-corrected chi connectivity index (χ4v) is 3.28. The Bertz CT molecular complexity index is 515. The van der Waals surface area contributed by atoms with Gasteiger partial charge in [-0.25, -0.2) is 4.79 Å². The standard InChI is InChI=1S/C19H31N3O2/c1-5-21(6-2)17(16-10-8-7-9-11-16)14-20-18(23)22-12-13-24-19(3,4)15-22/h7-11,17H,5-6,12-15H2,1-4H3,(H,20,23). The first-order chi connectivity index (χ1) is 11.5. The quantitative estimate of drug-likeness (QED) is 0.871. The number of hydrogen-bond donors (Lipinski definition) is 1. The summed E-state index contributed by atoms with van der Waals surface area (Å²) in [7, 11) is 0. The molecule has 0 saturated carbocycles. The Morgan fingerprint density at radius 3 is 2.54 bits per heavy atom. The summed E-state index contributed by atoms with van der Waals surface area (Å²) >= 11 is 0. The number of carbonyl (C=O) groups is 1. The molecule has 24 heavy (non-hydrogen) atoms. The molecule has 0 radical (unpaired) electrons. The Kier molecular flexibility index (Phi) is 6.63. The van der Waals surface area contributed by atoms with Crippen molar-refractivity contribution in [3.63, 3.8) is 0 Å². The van der Waals surface area contributed by atoms with Crippen molar-refractivity contribution in [3.05, 3.63) is 35.9 Å². The molecule has 5 heteroatoms. The number of rotatable bonds is 6. The van der Waals surface area contributed by atoms with Crippen LogP contribution in [0, 0.1) is 0 Å². The van der Waals surface area contributed by atoms with Gasteiger partial charge in [-0.3, -0.25) is 4.90 Å². The number of urea groups is 1. The molecule has 1 aromatic rings. The monoisotopic (exact) mass is 333 g/mol. The number of morpholine rings is 1. The Balaban J connectivity index is 2.01. The molecule has 0 aromatic heterocycles. The van der Waals surface area contributed by atoms with Crippen molar-refractivity contribution in [1.29, 1.82) is 0 Å². The van der Waals surface area contributed by atoms with Crippen LogP contribution in [-0.2, 0) is 4.74 Å². The minimum atomic E-state index is -0.271. The maximum atomic E-state index is 12.6. The molecule has 0 aliphatic carbocycles. The van der Waals surface area contributed by atoms with Gasteiger partial charge in [-0.1, -0.05) is 44.2 Å². The second kappa shape index (κ2) is 8.49. The maximum absolute atomic E-state index is 12.6. The topological polar surface area (TPSA) is 44.8 Å². The highest BCUT2D eigenvalue weighted by Gasteiger charge is 2.30. The van der Waals surface area contributed by atoms with Crippen molar-refractivity contribution in [2.24, 2.45) is 0 Å². The lowest BCUT2D eigenvalue weighted by molar-refractivity contribution is -0.0734. The van der Waals surface area contributed by atoms with Crippen LogP contribution in [0.5, 0.6) is 0 Å². The number of amides is 2. The first-order valence-electron chi connectivity index (χ1n) is 8.92. The Morgan fingerprint density at radius 1 is 1.29 bits per heavy atom. The first kappa shape index (κ1) is 18.7. The summed E-state index contributed by atoms with van der Waals surface area (Å²) in [6, 6.07) is 10.6. The van der Waals surface area contributed by atoms with E-state index in [4.69, 9.17) is 4.74 Å². The van der Waals surface area contributed by atoms with E-state index < -0.39 is 0 Å². The second-order valence-electron chi connectivity index (χ2n) is 6.86. The van der Waals surface area contributed by atoms with E-state index in [0.717, 1.165) is 13.1 Å². The van der Waals surface area contributed by atoms with Crippen LogP contribution < -0.4 is 5.32 Å². The fourth-order valence-electron chi connectivity index (χ4n) is 3.28. The van der Waals surface area contributed by atoms with Gasteiger partial charge >= 0.3 is 6.03 Å². The number of benzene rings is 1. The highest BCUT2D eigenvalue weighted by molar-refractivity contribution is 5.74. The van der Waals surface area contributed by atoms with Crippen LogP contribution in [0.15, 0.2) is 30.3 Å². The summed E-state index contributed by atoms with van der Waals surface area (Å²) in [4.78, 5) is 16.8. The number of nitrogens with one attached hydrogen (secondary N) is 1. The molecule has 1 aromatic carbocycles. The van der Waals surface area contributed by atoms with Gasteiger partial charge in [0.1, 0.15) is 0 Å². The van der Waals surface area contributed by atoms with Gasteiger partial charge < -0.3 is 15.0 Å². The number of nitrogens with zero attached hydrogens (tertiary/aromatic N) is 2. The van der Waals surface area contributed by atoms with E-state index in [-0.39, 0.29) is 17.7 Å². The summed E-state index contributed by atoms with van der Waals surface area (Å²) in [6.07, 6.45) is 0. The molecule has 0 bridgehead atoms. The Hall–Kier alpha value is -1.59. The third-order valence-electron chi connectivity index (χ3n) is 4.60. The average Bonchev–Trinajstić information content (AvgIpc) is 2.58. The van der Waals surface area contributed by atoms with Gasteiger partial charge in [-0.15, -0.1) is 0 Å². The zero-order valence-electron chi connectivity index (χ0n) is 15.4. The van der Waals surface area contributed by atoms with Crippen molar-refractivity contribution >= 4 is 6.03 Å². The predicted octanol–water partition coefficient (Wildman–Crippen LogP) is 2.89. The lowest BCUT2D eigenvalue weighted by Gasteiger charge is -2.38. The van der Waals surface area contributed by atoms with Gasteiger partial charge in [0.2, 0.25) is 0 Å². The molecule has 0 spiro atoms. The zero-order valence-corrected chi connectivity index (χ0v) is 15.4. The average molecular weight is 333 g/mol. The summed E-state index contributed by atoms with van der Waals surface area (Å²) in [5, 5.41) is 3.13. The number of carbonyl (C=O) groups excluding carboxylic acids is 1. The smallest absolute Gasteiger partial charge is 0.317 e. The molecule has 1 aliphatic rings. The van der Waals surface area contributed by atoms with E-state index in [2.05, 4.69) is 48.3 Å². The number of likely N-dealkylation sites (N-methyl/N-ethyl adjacent to an activating group) is 1. The molecule has 1 aliphatic heterocycles. The van der Waals surface area contributed by atoms with Crippen LogP contribution in [0.4, 0.5) is 4.79 Å². The van der Waals surface area contributed by atoms with Gasteiger partial charge in [-0.05, 0) is 32.5 Å². The molecule has 134 valence electrons. The largest absolute Gasteiger partial charge is 0.372 e. The number of ether oxygens (including phenoxy) is 1. The van der Waals surface area contributed by atoms with Gasteiger partial charge in [0.05, 0.1) is 24.8 Å². The highest BCUT2D eigenvalue weighted by Crippen LogP contribution is 2.20. The fraction of sp³-hybridized carbons (Fsp3) is 0.632. The van der Waals surface area contributed by atoms with Crippen LogP contribution in [0.3, 0.4) is 0 Å². The van der Waals surface area contributed by atoms with Gasteiger partial charge in [0.15, 0.2) is 0 Å². The van der Waals surface area contributed by atoms with E-state index in [9.17, 15) is 4.79 Å². The Morgan fingerprint density at radius 2 is 1.96 bits per heavy atom. The van der Waals surface area contributed by atoms with Crippen LogP contribution in [0.25, 0.3) is 0 Å². The van der Waals surface area contributed by atoms with E-state index in [0.29, 0.717) is 26.2 Å².